The molecule has 0 heterocycles. The SMILES string of the molecule is COCNC(=O)CCOC=O. The molecule has 0 saturated carbocycles. The van der Waals surface area contributed by atoms with E-state index in [1.54, 1.807) is 0 Å². The minimum absolute atomic E-state index is 0.110. The van der Waals surface area contributed by atoms with E-state index < -0.39 is 0 Å². The van der Waals surface area contributed by atoms with Gasteiger partial charge in [-0.05, 0) is 0 Å². The molecule has 5 nitrogen and oxygen atoms in total. The average Bonchev–Trinajstić information content (AvgIpc) is 2.01. The zero-order valence-corrected chi connectivity index (χ0v) is 6.33. The second-order valence-corrected chi connectivity index (χ2v) is 1.75. The Hall–Kier alpha value is -1.10. The number of hydrogen-bond donors (Lipinski definition) is 1. The fraction of sp³-hybridized carbons (Fsp3) is 0.667. The number of ether oxygens (including phenoxy) is 2. The van der Waals surface area contributed by atoms with Crippen LogP contribution < -0.4 is 5.32 Å². The lowest BCUT2D eigenvalue weighted by Crippen LogP contribution is -2.26. The van der Waals surface area contributed by atoms with E-state index >= 15 is 0 Å². The molecule has 0 spiro atoms. The van der Waals surface area contributed by atoms with Crippen molar-refractivity contribution in [3.63, 3.8) is 0 Å². The molecule has 0 aliphatic carbocycles. The van der Waals surface area contributed by atoms with E-state index in [1.807, 2.05) is 0 Å². The maximum Gasteiger partial charge on any atom is 0.293 e. The Morgan fingerprint density at radius 3 is 2.91 bits per heavy atom. The number of amides is 1. The molecule has 11 heavy (non-hydrogen) atoms. The topological polar surface area (TPSA) is 64.6 Å². The molecule has 0 unspecified atom stereocenters. The van der Waals surface area contributed by atoms with Crippen LogP contribution in [0.4, 0.5) is 0 Å². The van der Waals surface area contributed by atoms with Crippen molar-refractivity contribution in [3.8, 4) is 0 Å². The van der Waals surface area contributed by atoms with Crippen LogP contribution in [0, 0.1) is 0 Å². The smallest absolute Gasteiger partial charge is 0.293 e. The van der Waals surface area contributed by atoms with Crippen molar-refractivity contribution in [1.29, 1.82) is 0 Å². The van der Waals surface area contributed by atoms with Crippen LogP contribution in [0.15, 0.2) is 0 Å². The zero-order valence-electron chi connectivity index (χ0n) is 6.33. The summed E-state index contributed by atoms with van der Waals surface area (Å²) in [6.45, 7) is 0.600. The molecular weight excluding hydrogens is 150 g/mol. The second kappa shape index (κ2) is 7.01. The monoisotopic (exact) mass is 161 g/mol. The van der Waals surface area contributed by atoms with Crippen LogP contribution in [0.25, 0.3) is 0 Å². The molecule has 0 aromatic heterocycles. The summed E-state index contributed by atoms with van der Waals surface area (Å²) in [5.74, 6) is -0.200. The van der Waals surface area contributed by atoms with Gasteiger partial charge in [-0.15, -0.1) is 0 Å². The molecule has 0 saturated heterocycles. The number of rotatable bonds is 6. The molecule has 0 atom stereocenters. The van der Waals surface area contributed by atoms with Gasteiger partial charge in [0.2, 0.25) is 5.91 Å². The normalized spacial score (nSPS) is 8.82. The fourth-order valence-electron chi connectivity index (χ4n) is 0.441. The van der Waals surface area contributed by atoms with Gasteiger partial charge in [-0.1, -0.05) is 0 Å². The van der Waals surface area contributed by atoms with Gasteiger partial charge in [-0.25, -0.2) is 0 Å². The van der Waals surface area contributed by atoms with E-state index in [2.05, 4.69) is 14.8 Å². The van der Waals surface area contributed by atoms with E-state index in [1.165, 1.54) is 7.11 Å². The van der Waals surface area contributed by atoms with Crippen LogP contribution in [0.2, 0.25) is 0 Å². The van der Waals surface area contributed by atoms with E-state index in [-0.39, 0.29) is 25.7 Å². The molecule has 64 valence electrons. The molecule has 0 rings (SSSR count). The standard InChI is InChI=1S/C6H11NO4/c1-10-4-7-6(9)2-3-11-5-8/h5H,2-4H2,1H3,(H,7,9). The van der Waals surface area contributed by atoms with Crippen molar-refractivity contribution in [2.75, 3.05) is 20.4 Å². The molecule has 0 aromatic carbocycles. The summed E-state index contributed by atoms with van der Waals surface area (Å²) in [6.07, 6.45) is 0.169. The number of carbonyl (C=O) groups is 2. The van der Waals surface area contributed by atoms with Crippen molar-refractivity contribution in [1.82, 2.24) is 5.32 Å². The first-order chi connectivity index (χ1) is 5.31. The maximum absolute atomic E-state index is 10.7. The molecule has 1 amide bonds. The molecule has 0 fully saturated rings. The van der Waals surface area contributed by atoms with Crippen LogP contribution in [0.5, 0.6) is 0 Å². The number of nitrogens with one attached hydrogen (secondary N) is 1. The number of carbonyl (C=O) groups excluding carboxylic acids is 2. The zero-order chi connectivity index (χ0) is 8.53. The molecule has 0 aliphatic rings. The fourth-order valence-corrected chi connectivity index (χ4v) is 0.441. The highest BCUT2D eigenvalue weighted by molar-refractivity contribution is 5.75. The Kier molecular flexibility index (Phi) is 6.31. The Morgan fingerprint density at radius 1 is 1.64 bits per heavy atom. The highest BCUT2D eigenvalue weighted by atomic mass is 16.5. The third-order valence-electron chi connectivity index (χ3n) is 0.929. The summed E-state index contributed by atoms with van der Waals surface area (Å²) in [5.41, 5.74) is 0. The van der Waals surface area contributed by atoms with E-state index in [0.29, 0.717) is 6.47 Å². The van der Waals surface area contributed by atoms with Crippen LogP contribution in [-0.2, 0) is 19.1 Å². The van der Waals surface area contributed by atoms with E-state index in [4.69, 9.17) is 0 Å². The van der Waals surface area contributed by atoms with Gasteiger partial charge in [0.05, 0.1) is 13.0 Å². The molecule has 0 aliphatic heterocycles. The van der Waals surface area contributed by atoms with Gasteiger partial charge in [-0.3, -0.25) is 9.59 Å². The van der Waals surface area contributed by atoms with Crippen LogP contribution in [-0.4, -0.2) is 32.8 Å². The molecule has 0 bridgehead atoms. The Labute approximate surface area is 64.7 Å². The summed E-state index contributed by atoms with van der Waals surface area (Å²) in [5, 5.41) is 2.43. The second-order valence-electron chi connectivity index (χ2n) is 1.75. The van der Waals surface area contributed by atoms with Crippen LogP contribution in [0.1, 0.15) is 6.42 Å². The van der Waals surface area contributed by atoms with Gasteiger partial charge in [-0.2, -0.15) is 0 Å². The van der Waals surface area contributed by atoms with E-state index in [9.17, 15) is 9.59 Å². The Bertz CT molecular complexity index is 126. The summed E-state index contributed by atoms with van der Waals surface area (Å²) in [7, 11) is 1.47. The predicted octanol–water partition coefficient (Wildman–Crippen LogP) is -0.730. The van der Waals surface area contributed by atoms with Crippen molar-refractivity contribution in [2.45, 2.75) is 6.42 Å². The van der Waals surface area contributed by atoms with Gasteiger partial charge in [0.1, 0.15) is 6.73 Å². The lowest BCUT2D eigenvalue weighted by molar-refractivity contribution is -0.130. The van der Waals surface area contributed by atoms with Gasteiger partial charge in [0.25, 0.3) is 6.47 Å². The van der Waals surface area contributed by atoms with Gasteiger partial charge >= 0.3 is 0 Å². The minimum atomic E-state index is -0.200. The van der Waals surface area contributed by atoms with Gasteiger partial charge in [0, 0.05) is 7.11 Å². The largest absolute Gasteiger partial charge is 0.467 e. The van der Waals surface area contributed by atoms with Gasteiger partial charge < -0.3 is 14.8 Å². The lowest BCUT2D eigenvalue weighted by Gasteiger charge is -2.01. The Morgan fingerprint density at radius 2 is 2.36 bits per heavy atom. The summed E-state index contributed by atoms with van der Waals surface area (Å²) >= 11 is 0. The average molecular weight is 161 g/mol. The quantitative estimate of drug-likeness (QED) is 0.317. The third kappa shape index (κ3) is 6.79. The lowest BCUT2D eigenvalue weighted by atomic mass is 10.4. The predicted molar refractivity (Wildman–Crippen MR) is 36.7 cm³/mol. The highest BCUT2D eigenvalue weighted by Gasteiger charge is 1.98. The molecule has 0 radical (unpaired) electrons. The van der Waals surface area contributed by atoms with Crippen LogP contribution in [0.3, 0.4) is 0 Å². The van der Waals surface area contributed by atoms with Crippen molar-refractivity contribution >= 4 is 12.4 Å². The Balaban J connectivity index is 3.15. The first-order valence-electron chi connectivity index (χ1n) is 3.12. The number of methoxy groups -OCH3 is 1. The number of hydrogen-bond acceptors (Lipinski definition) is 4. The third-order valence-corrected chi connectivity index (χ3v) is 0.929. The maximum atomic E-state index is 10.7. The molecule has 5 heteroatoms. The van der Waals surface area contributed by atoms with Gasteiger partial charge in [0.15, 0.2) is 0 Å². The highest BCUT2D eigenvalue weighted by Crippen LogP contribution is 1.79. The van der Waals surface area contributed by atoms with Crippen molar-refractivity contribution < 1.29 is 19.1 Å². The van der Waals surface area contributed by atoms with Crippen LogP contribution >= 0.6 is 0 Å². The van der Waals surface area contributed by atoms with Crippen molar-refractivity contribution in [3.05, 3.63) is 0 Å². The first-order valence-corrected chi connectivity index (χ1v) is 3.12. The minimum Gasteiger partial charge on any atom is -0.467 e. The van der Waals surface area contributed by atoms with E-state index in [0.717, 1.165) is 0 Å². The molecule has 1 N–H and O–H groups in total. The summed E-state index contributed by atoms with van der Waals surface area (Å²) < 4.78 is 8.88. The van der Waals surface area contributed by atoms with Crippen molar-refractivity contribution in [2.24, 2.45) is 0 Å². The summed E-state index contributed by atoms with van der Waals surface area (Å²) in [4.78, 5) is 20.3. The summed E-state index contributed by atoms with van der Waals surface area (Å²) in [6, 6.07) is 0. The first kappa shape index (κ1) is 9.90. The molecular formula is C6H11NO4. The molecule has 0 aromatic rings.